The average molecular weight is 185 g/mol. The molecule has 2 N–H and O–H groups in total. The molecule has 1 aromatic rings. The zero-order valence-electron chi connectivity index (χ0n) is 6.56. The molecule has 1 atom stereocenters. The Kier molecular flexibility index (Phi) is 2.44. The number of hydrogen-bond donors (Lipinski definition) is 1. The van der Waals surface area contributed by atoms with Gasteiger partial charge in [0, 0.05) is 18.0 Å². The summed E-state index contributed by atoms with van der Waals surface area (Å²) in [6.07, 6.45) is 5.11. The summed E-state index contributed by atoms with van der Waals surface area (Å²) in [6.45, 7) is 0. The van der Waals surface area contributed by atoms with Crippen molar-refractivity contribution >= 4 is 9.84 Å². The maximum absolute atomic E-state index is 11.0. The molecule has 0 aliphatic heterocycles. The molecule has 0 aliphatic rings. The first-order valence-corrected chi connectivity index (χ1v) is 5.24. The summed E-state index contributed by atoms with van der Waals surface area (Å²) in [6, 6.07) is 3.20. The van der Waals surface area contributed by atoms with Gasteiger partial charge in [-0.1, -0.05) is 6.07 Å². The van der Waals surface area contributed by atoms with Gasteiger partial charge in [0.25, 0.3) is 0 Å². The van der Waals surface area contributed by atoms with Crippen molar-refractivity contribution < 1.29 is 8.42 Å². The van der Waals surface area contributed by atoms with Gasteiger partial charge in [-0.2, -0.15) is 0 Å². The van der Waals surface area contributed by atoms with E-state index in [0.717, 1.165) is 6.26 Å². The molecule has 0 fully saturated rings. The van der Waals surface area contributed by atoms with Gasteiger partial charge in [0.2, 0.25) is 0 Å². The van der Waals surface area contributed by atoms with Crippen LogP contribution >= 0.6 is 0 Å². The van der Waals surface area contributed by atoms with Crippen LogP contribution in [-0.2, 0) is 9.84 Å². The van der Waals surface area contributed by atoms with E-state index in [1.807, 2.05) is 0 Å². The van der Waals surface area contributed by atoms with E-state index >= 15 is 0 Å². The predicted molar refractivity (Wildman–Crippen MR) is 44.8 cm³/mol. The van der Waals surface area contributed by atoms with Crippen LogP contribution in [0.15, 0.2) is 18.3 Å². The van der Waals surface area contributed by atoms with Crippen LogP contribution in [-0.4, -0.2) is 19.7 Å². The maximum Gasteiger partial charge on any atom is 0.167 e. The molecule has 1 rings (SSSR count). The minimum Gasteiger partial charge on any atom is -0.311 e. The smallest absolute Gasteiger partial charge is 0.167 e. The first-order chi connectivity index (χ1) is 5.52. The first-order valence-electron chi connectivity index (χ1n) is 3.29. The summed E-state index contributed by atoms with van der Waals surface area (Å²) in [5.74, 6) is 0. The third kappa shape index (κ3) is 2.02. The Balaban J connectivity index is 3.02. The van der Waals surface area contributed by atoms with Gasteiger partial charge >= 0.3 is 0 Å². The lowest BCUT2D eigenvalue weighted by Gasteiger charge is -2.07. The second kappa shape index (κ2) is 3.20. The summed E-state index contributed by atoms with van der Waals surface area (Å²) in [5.41, 5.74) is 5.80. The molecule has 0 saturated heterocycles. The van der Waals surface area contributed by atoms with Crippen LogP contribution < -0.4 is 5.73 Å². The fourth-order valence-corrected chi connectivity index (χ4v) is 1.32. The number of pyridine rings is 1. The molecule has 1 heterocycles. The third-order valence-corrected chi connectivity index (χ3v) is 2.57. The number of aromatic nitrogens is 1. The highest BCUT2D eigenvalue weighted by Gasteiger charge is 2.17. The van der Waals surface area contributed by atoms with E-state index in [1.165, 1.54) is 6.20 Å². The predicted octanol–water partition coefficient (Wildman–Crippen LogP) is -0.116. The monoisotopic (exact) mass is 185 g/mol. The minimum absolute atomic E-state index is 0.389. The number of rotatable bonds is 2. The molecule has 0 amide bonds. The molecule has 0 saturated carbocycles. The molecule has 1 aromatic heterocycles. The maximum atomic E-state index is 11.0. The van der Waals surface area contributed by atoms with E-state index in [0.29, 0.717) is 5.56 Å². The second-order valence-electron chi connectivity index (χ2n) is 2.45. The lowest BCUT2D eigenvalue weighted by atomic mass is 10.3. The van der Waals surface area contributed by atoms with Crippen molar-refractivity contribution in [2.75, 3.05) is 6.26 Å². The fourth-order valence-electron chi connectivity index (χ4n) is 0.728. The van der Waals surface area contributed by atoms with E-state index in [9.17, 15) is 8.42 Å². The number of nitrogens with two attached hydrogens (primary N) is 1. The van der Waals surface area contributed by atoms with Gasteiger partial charge in [0.15, 0.2) is 9.84 Å². The van der Waals surface area contributed by atoms with Gasteiger partial charge in [0.1, 0.15) is 5.37 Å². The van der Waals surface area contributed by atoms with Crippen molar-refractivity contribution in [1.29, 1.82) is 0 Å². The zero-order chi connectivity index (χ0) is 9.19. The first kappa shape index (κ1) is 9.15. The highest BCUT2D eigenvalue weighted by atomic mass is 32.2. The number of hydrogen-bond acceptors (Lipinski definition) is 4. The fraction of sp³-hybridized carbons (Fsp3) is 0.286. The quantitative estimate of drug-likeness (QED) is 0.697. The normalized spacial score (nSPS) is 14.2. The van der Waals surface area contributed by atoms with Crippen molar-refractivity contribution in [2.45, 2.75) is 5.37 Å². The lowest BCUT2D eigenvalue weighted by Crippen LogP contribution is -2.20. The van der Waals surface area contributed by atoms with Crippen molar-refractivity contribution in [3.05, 3.63) is 30.1 Å². The highest BCUT2D eigenvalue weighted by molar-refractivity contribution is 7.90. The Bertz CT molecular complexity index is 347. The molecule has 1 unspecified atom stereocenters. The molecule has 4 nitrogen and oxygen atoms in total. The zero-order valence-corrected chi connectivity index (χ0v) is 7.38. The summed E-state index contributed by atoms with van der Waals surface area (Å²) in [4.78, 5) is 3.65. The van der Waals surface area contributed by atoms with Crippen LogP contribution in [0.4, 0.5) is 0 Å². The van der Waals surface area contributed by atoms with Gasteiger partial charge in [-0.25, -0.2) is 8.42 Å². The molecule has 65 valence electrons. The molecule has 12 heavy (non-hydrogen) atoms. The SMILES string of the molecule is CS(=O)(=O)C(N)c1[c]nccc1. The van der Waals surface area contributed by atoms with Crippen molar-refractivity contribution in [3.8, 4) is 0 Å². The lowest BCUT2D eigenvalue weighted by molar-refractivity contribution is 0.589. The van der Waals surface area contributed by atoms with E-state index in [-0.39, 0.29) is 0 Å². The van der Waals surface area contributed by atoms with Crippen LogP contribution in [0.2, 0.25) is 0 Å². The Labute approximate surface area is 71.3 Å². The number of sulfone groups is 1. The van der Waals surface area contributed by atoms with E-state index in [2.05, 4.69) is 11.2 Å². The van der Waals surface area contributed by atoms with Crippen molar-refractivity contribution in [1.82, 2.24) is 4.98 Å². The van der Waals surface area contributed by atoms with Gasteiger partial charge in [-0.05, 0) is 6.07 Å². The standard InChI is InChI=1S/C7H9N2O2S/c1-12(10,11)7(8)6-3-2-4-9-5-6/h2-4,7H,8H2,1H3. The number of nitrogens with zero attached hydrogens (tertiary/aromatic N) is 1. The van der Waals surface area contributed by atoms with Gasteiger partial charge < -0.3 is 5.73 Å². The van der Waals surface area contributed by atoms with Crippen molar-refractivity contribution in [2.24, 2.45) is 5.73 Å². The second-order valence-corrected chi connectivity index (χ2v) is 4.62. The minimum atomic E-state index is -3.25. The topological polar surface area (TPSA) is 73.0 Å². The van der Waals surface area contributed by atoms with E-state index in [1.54, 1.807) is 12.1 Å². The summed E-state index contributed by atoms with van der Waals surface area (Å²) in [7, 11) is -3.25. The molecular weight excluding hydrogens is 176 g/mol. The van der Waals surface area contributed by atoms with Crippen molar-refractivity contribution in [3.63, 3.8) is 0 Å². The summed E-state index contributed by atoms with van der Waals surface area (Å²) >= 11 is 0. The molecule has 0 bridgehead atoms. The van der Waals surface area contributed by atoms with Crippen LogP contribution in [0.5, 0.6) is 0 Å². The Morgan fingerprint density at radius 1 is 1.67 bits per heavy atom. The van der Waals surface area contributed by atoms with Crippen LogP contribution in [0.1, 0.15) is 10.9 Å². The average Bonchev–Trinajstić information content (AvgIpc) is 2.03. The molecule has 0 aromatic carbocycles. The Morgan fingerprint density at radius 2 is 2.33 bits per heavy atom. The summed E-state index contributed by atoms with van der Waals surface area (Å²) < 4.78 is 21.9. The molecular formula is C7H9N2O2S. The Hall–Kier alpha value is -0.940. The van der Waals surface area contributed by atoms with Crippen LogP contribution in [0.25, 0.3) is 0 Å². The van der Waals surface area contributed by atoms with Gasteiger partial charge in [0.05, 0.1) is 6.20 Å². The highest BCUT2D eigenvalue weighted by Crippen LogP contribution is 2.12. The third-order valence-electron chi connectivity index (χ3n) is 1.40. The van der Waals surface area contributed by atoms with Crippen LogP contribution in [0, 0.1) is 6.20 Å². The largest absolute Gasteiger partial charge is 0.311 e. The molecule has 0 spiro atoms. The van der Waals surface area contributed by atoms with Crippen LogP contribution in [0.3, 0.4) is 0 Å². The molecule has 1 radical (unpaired) electrons. The Morgan fingerprint density at radius 3 is 2.75 bits per heavy atom. The van der Waals surface area contributed by atoms with Gasteiger partial charge in [-0.3, -0.25) is 4.98 Å². The molecule has 5 heteroatoms. The summed E-state index contributed by atoms with van der Waals surface area (Å²) in [5, 5.41) is -1.02. The van der Waals surface area contributed by atoms with E-state index in [4.69, 9.17) is 5.73 Å². The van der Waals surface area contributed by atoms with E-state index < -0.39 is 15.2 Å². The molecule has 0 aliphatic carbocycles. The van der Waals surface area contributed by atoms with Gasteiger partial charge in [-0.15, -0.1) is 0 Å².